The van der Waals surface area contributed by atoms with Crippen molar-refractivity contribution in [2.75, 3.05) is 0 Å². The number of hydrogen-bond donors (Lipinski definition) is 1. The smallest absolute Gasteiger partial charge is 0.137 e. The molecule has 0 aromatic heterocycles. The van der Waals surface area contributed by atoms with Gasteiger partial charge in [-0.2, -0.15) is 0 Å². The highest BCUT2D eigenvalue weighted by Crippen LogP contribution is 2.41. The van der Waals surface area contributed by atoms with E-state index in [1.54, 1.807) is 0 Å². The normalized spacial score (nSPS) is 11.8. The Bertz CT molecular complexity index is 880. The minimum atomic E-state index is 0.320. The van der Waals surface area contributed by atoms with Crippen molar-refractivity contribution in [1.82, 2.24) is 0 Å². The van der Waals surface area contributed by atoms with Crippen LogP contribution >= 0.6 is 15.9 Å². The van der Waals surface area contributed by atoms with E-state index >= 15 is 0 Å². The summed E-state index contributed by atoms with van der Waals surface area (Å²) in [4.78, 5) is 0. The molecule has 18 heavy (non-hydrogen) atoms. The molecule has 0 aliphatic heterocycles. The van der Waals surface area contributed by atoms with Gasteiger partial charge >= 0.3 is 0 Å². The average Bonchev–Trinajstić information content (AvgIpc) is 2.40. The Morgan fingerprint density at radius 1 is 0.778 bits per heavy atom. The van der Waals surface area contributed by atoms with Gasteiger partial charge in [-0.05, 0) is 49.6 Å². The highest BCUT2D eigenvalue weighted by Gasteiger charge is 2.12. The Hall–Kier alpha value is -1.80. The van der Waals surface area contributed by atoms with Crippen molar-refractivity contribution in [3.05, 3.63) is 53.0 Å². The van der Waals surface area contributed by atoms with Crippen LogP contribution in [-0.4, -0.2) is 5.11 Å². The van der Waals surface area contributed by atoms with E-state index in [2.05, 4.69) is 52.3 Å². The topological polar surface area (TPSA) is 20.2 Å². The maximum absolute atomic E-state index is 10.2. The first-order valence-corrected chi connectivity index (χ1v) is 6.60. The van der Waals surface area contributed by atoms with Crippen LogP contribution in [0.2, 0.25) is 0 Å². The summed E-state index contributed by atoms with van der Waals surface area (Å²) in [5.41, 5.74) is 0. The summed E-state index contributed by atoms with van der Waals surface area (Å²) < 4.78 is 0.744. The second-order valence-electron chi connectivity index (χ2n) is 4.56. The number of phenolic OH excluding ortho intramolecular Hbond substituents is 1. The Morgan fingerprint density at radius 3 is 2.22 bits per heavy atom. The molecule has 4 aromatic rings. The minimum absolute atomic E-state index is 0.320. The van der Waals surface area contributed by atoms with Gasteiger partial charge in [-0.25, -0.2) is 0 Å². The number of rotatable bonds is 0. The molecule has 0 aliphatic carbocycles. The van der Waals surface area contributed by atoms with Crippen LogP contribution in [0.25, 0.3) is 32.3 Å². The van der Waals surface area contributed by atoms with Gasteiger partial charge in [0.25, 0.3) is 0 Å². The fourth-order valence-electron chi connectivity index (χ4n) is 2.76. The maximum atomic E-state index is 10.2. The summed E-state index contributed by atoms with van der Waals surface area (Å²) in [5.74, 6) is 0.320. The highest BCUT2D eigenvalue weighted by molar-refractivity contribution is 9.10. The standard InChI is InChI=1S/C16H9BrO/c17-13-8-11-5-4-9-2-1-3-10-6-7-12(16(13)18)15(11)14(9)10/h1-8,18H. The van der Waals surface area contributed by atoms with Crippen molar-refractivity contribution in [3.63, 3.8) is 0 Å². The van der Waals surface area contributed by atoms with Gasteiger partial charge in [-0.1, -0.05) is 36.4 Å². The SMILES string of the molecule is Oc1c(Br)cc2ccc3cccc4ccc1c2c34. The molecular weight excluding hydrogens is 288 g/mol. The molecular formula is C16H9BrO. The third-order valence-corrected chi connectivity index (χ3v) is 4.18. The van der Waals surface area contributed by atoms with Gasteiger partial charge in [-0.3, -0.25) is 0 Å². The number of phenols is 1. The van der Waals surface area contributed by atoms with E-state index in [9.17, 15) is 5.11 Å². The van der Waals surface area contributed by atoms with Gasteiger partial charge in [0.15, 0.2) is 0 Å². The lowest BCUT2D eigenvalue weighted by Gasteiger charge is -2.12. The van der Waals surface area contributed by atoms with E-state index in [0.717, 1.165) is 20.6 Å². The van der Waals surface area contributed by atoms with Gasteiger partial charge in [0, 0.05) is 10.8 Å². The number of halogens is 1. The summed E-state index contributed by atoms with van der Waals surface area (Å²) in [6.07, 6.45) is 0. The monoisotopic (exact) mass is 296 g/mol. The predicted molar refractivity (Wildman–Crippen MR) is 79.5 cm³/mol. The zero-order valence-corrected chi connectivity index (χ0v) is 11.0. The fraction of sp³-hybridized carbons (Fsp3) is 0. The maximum Gasteiger partial charge on any atom is 0.137 e. The molecule has 4 aromatic carbocycles. The zero-order chi connectivity index (χ0) is 12.3. The first-order valence-electron chi connectivity index (χ1n) is 5.81. The largest absolute Gasteiger partial charge is 0.506 e. The molecule has 0 saturated carbocycles. The van der Waals surface area contributed by atoms with E-state index < -0.39 is 0 Å². The van der Waals surface area contributed by atoms with Crippen LogP contribution in [-0.2, 0) is 0 Å². The van der Waals surface area contributed by atoms with E-state index in [4.69, 9.17) is 0 Å². The van der Waals surface area contributed by atoms with Crippen molar-refractivity contribution in [3.8, 4) is 5.75 Å². The molecule has 1 nitrogen and oxygen atoms in total. The highest BCUT2D eigenvalue weighted by atomic mass is 79.9. The van der Waals surface area contributed by atoms with E-state index in [1.807, 2.05) is 12.1 Å². The third-order valence-electron chi connectivity index (χ3n) is 3.57. The molecule has 4 rings (SSSR count). The van der Waals surface area contributed by atoms with E-state index in [-0.39, 0.29) is 0 Å². The summed E-state index contributed by atoms with van der Waals surface area (Å²) in [5, 5.41) is 17.1. The number of benzene rings is 4. The Labute approximate surface area is 112 Å². The number of aromatic hydroxyl groups is 1. The molecule has 0 heterocycles. The quantitative estimate of drug-likeness (QED) is 0.450. The molecule has 0 amide bonds. The van der Waals surface area contributed by atoms with Crippen LogP contribution in [0.15, 0.2) is 53.0 Å². The molecule has 86 valence electrons. The van der Waals surface area contributed by atoms with Crippen molar-refractivity contribution < 1.29 is 5.11 Å². The average molecular weight is 297 g/mol. The fourth-order valence-corrected chi connectivity index (χ4v) is 3.22. The zero-order valence-electron chi connectivity index (χ0n) is 9.44. The second-order valence-corrected chi connectivity index (χ2v) is 5.42. The van der Waals surface area contributed by atoms with E-state index in [1.165, 1.54) is 16.2 Å². The molecule has 0 fully saturated rings. The molecule has 0 bridgehead atoms. The molecule has 1 N–H and O–H groups in total. The first-order chi connectivity index (χ1) is 8.75. The second kappa shape index (κ2) is 3.36. The van der Waals surface area contributed by atoms with Crippen LogP contribution < -0.4 is 0 Å². The molecule has 0 saturated heterocycles. The molecule has 0 aliphatic rings. The molecule has 0 unspecified atom stereocenters. The summed E-state index contributed by atoms with van der Waals surface area (Å²) >= 11 is 3.41. The van der Waals surface area contributed by atoms with E-state index in [0.29, 0.717) is 5.75 Å². The van der Waals surface area contributed by atoms with Crippen molar-refractivity contribution in [2.24, 2.45) is 0 Å². The molecule has 0 radical (unpaired) electrons. The van der Waals surface area contributed by atoms with Crippen LogP contribution in [0.5, 0.6) is 5.75 Å². The lowest BCUT2D eigenvalue weighted by molar-refractivity contribution is 0.478. The van der Waals surface area contributed by atoms with Crippen molar-refractivity contribution >= 4 is 48.2 Å². The molecule has 0 atom stereocenters. The van der Waals surface area contributed by atoms with Crippen LogP contribution in [0.3, 0.4) is 0 Å². The van der Waals surface area contributed by atoms with Crippen LogP contribution in [0, 0.1) is 0 Å². The Balaban J connectivity index is 2.46. The van der Waals surface area contributed by atoms with Gasteiger partial charge in [-0.15, -0.1) is 0 Å². The molecule has 2 heteroatoms. The first kappa shape index (κ1) is 10.2. The predicted octanol–water partition coefficient (Wildman–Crippen LogP) is 5.05. The lowest BCUT2D eigenvalue weighted by Crippen LogP contribution is -1.84. The summed E-state index contributed by atoms with van der Waals surface area (Å²) in [7, 11) is 0. The third kappa shape index (κ3) is 1.16. The Kier molecular flexibility index (Phi) is 1.90. The summed E-state index contributed by atoms with van der Waals surface area (Å²) in [6.45, 7) is 0. The van der Waals surface area contributed by atoms with Crippen LogP contribution in [0.1, 0.15) is 0 Å². The number of hydrogen-bond acceptors (Lipinski definition) is 1. The van der Waals surface area contributed by atoms with Crippen molar-refractivity contribution in [2.45, 2.75) is 0 Å². The summed E-state index contributed by atoms with van der Waals surface area (Å²) in [6, 6.07) is 16.6. The minimum Gasteiger partial charge on any atom is -0.506 e. The van der Waals surface area contributed by atoms with Gasteiger partial charge in [0.2, 0.25) is 0 Å². The molecule has 0 spiro atoms. The van der Waals surface area contributed by atoms with Gasteiger partial charge < -0.3 is 5.11 Å². The Morgan fingerprint density at radius 2 is 1.44 bits per heavy atom. The van der Waals surface area contributed by atoms with Gasteiger partial charge in [0.1, 0.15) is 5.75 Å². The van der Waals surface area contributed by atoms with Gasteiger partial charge in [0.05, 0.1) is 4.47 Å². The van der Waals surface area contributed by atoms with Crippen LogP contribution in [0.4, 0.5) is 0 Å². The van der Waals surface area contributed by atoms with Crippen molar-refractivity contribution in [1.29, 1.82) is 0 Å². The lowest BCUT2D eigenvalue weighted by atomic mass is 9.94.